The number of hydrogen-bond donors (Lipinski definition) is 0. The Labute approximate surface area is 78.2 Å². The number of rotatable bonds is 2. The molecule has 68 valence electrons. The van der Waals surface area contributed by atoms with Gasteiger partial charge < -0.3 is 4.90 Å². The molecule has 0 aliphatic carbocycles. The van der Waals surface area contributed by atoms with Gasteiger partial charge in [0.05, 0.1) is 0 Å². The number of likely N-dealkylation sites (tertiary alicyclic amines) is 1. The topological polar surface area (TPSA) is 20.3 Å². The molecule has 0 radical (unpaired) electrons. The van der Waals surface area contributed by atoms with Crippen molar-refractivity contribution in [3.8, 4) is 0 Å². The fourth-order valence-electron chi connectivity index (χ4n) is 1.88. The lowest BCUT2D eigenvalue weighted by Gasteiger charge is -2.10. The van der Waals surface area contributed by atoms with Gasteiger partial charge in [0.15, 0.2) is 0 Å². The van der Waals surface area contributed by atoms with E-state index in [0.717, 1.165) is 25.9 Å². The predicted molar refractivity (Wildman–Crippen MR) is 51.4 cm³/mol. The van der Waals surface area contributed by atoms with E-state index < -0.39 is 0 Å². The van der Waals surface area contributed by atoms with Gasteiger partial charge in [-0.05, 0) is 12.0 Å². The molecule has 0 N–H and O–H groups in total. The Morgan fingerprint density at radius 3 is 2.69 bits per heavy atom. The molecular formula is C11H13NO. The van der Waals surface area contributed by atoms with Crippen LogP contribution in [0.25, 0.3) is 0 Å². The molecule has 0 saturated carbocycles. The van der Waals surface area contributed by atoms with E-state index in [-0.39, 0.29) is 0 Å². The highest BCUT2D eigenvalue weighted by molar-refractivity contribution is 5.48. The Bertz CT molecular complexity index is 283. The lowest BCUT2D eigenvalue weighted by atomic mass is 9.99. The summed E-state index contributed by atoms with van der Waals surface area (Å²) >= 11 is 0. The van der Waals surface area contributed by atoms with E-state index >= 15 is 0 Å². The maximum atomic E-state index is 10.5. The van der Waals surface area contributed by atoms with Crippen molar-refractivity contribution >= 4 is 6.41 Å². The minimum atomic E-state index is 0.548. The summed E-state index contributed by atoms with van der Waals surface area (Å²) in [6, 6.07) is 10.4. The standard InChI is InChI=1S/C11H13NO/c13-9-12-7-6-11(8-12)10-4-2-1-3-5-10/h1-5,9,11H,6-8H2/t11-/m1/s1. The summed E-state index contributed by atoms with van der Waals surface area (Å²) in [5, 5.41) is 0. The maximum Gasteiger partial charge on any atom is 0.209 e. The van der Waals surface area contributed by atoms with Crippen molar-refractivity contribution in [2.24, 2.45) is 0 Å². The van der Waals surface area contributed by atoms with Gasteiger partial charge in [-0.1, -0.05) is 30.3 Å². The summed E-state index contributed by atoms with van der Waals surface area (Å²) in [5.41, 5.74) is 1.35. The molecule has 1 aliphatic heterocycles. The Morgan fingerprint density at radius 1 is 1.31 bits per heavy atom. The summed E-state index contributed by atoms with van der Waals surface area (Å²) in [5.74, 6) is 0.548. The summed E-state index contributed by atoms with van der Waals surface area (Å²) in [6.07, 6.45) is 2.05. The third kappa shape index (κ3) is 1.72. The molecule has 2 nitrogen and oxygen atoms in total. The van der Waals surface area contributed by atoms with Crippen LogP contribution < -0.4 is 0 Å². The number of carbonyl (C=O) groups is 1. The van der Waals surface area contributed by atoms with Gasteiger partial charge in [0.2, 0.25) is 6.41 Å². The highest BCUT2D eigenvalue weighted by Gasteiger charge is 2.21. The van der Waals surface area contributed by atoms with Crippen LogP contribution in [0.1, 0.15) is 17.9 Å². The van der Waals surface area contributed by atoms with Crippen molar-refractivity contribution in [2.45, 2.75) is 12.3 Å². The average Bonchev–Trinajstić information content (AvgIpc) is 2.67. The molecule has 1 aliphatic rings. The minimum Gasteiger partial charge on any atom is -0.345 e. The van der Waals surface area contributed by atoms with E-state index in [1.165, 1.54) is 5.56 Å². The van der Waals surface area contributed by atoms with Gasteiger partial charge in [-0.2, -0.15) is 0 Å². The van der Waals surface area contributed by atoms with Crippen LogP contribution in [0.15, 0.2) is 30.3 Å². The molecule has 2 rings (SSSR count). The van der Waals surface area contributed by atoms with Crippen LogP contribution in [0.3, 0.4) is 0 Å². The quantitative estimate of drug-likeness (QED) is 0.626. The third-order valence-corrected chi connectivity index (χ3v) is 2.64. The molecule has 2 heteroatoms. The molecule has 0 aromatic heterocycles. The van der Waals surface area contributed by atoms with E-state index in [1.807, 2.05) is 11.0 Å². The van der Waals surface area contributed by atoms with Crippen LogP contribution in [0, 0.1) is 0 Å². The predicted octanol–water partition coefficient (Wildman–Crippen LogP) is 1.63. The van der Waals surface area contributed by atoms with Crippen LogP contribution in [-0.2, 0) is 4.79 Å². The van der Waals surface area contributed by atoms with Gasteiger partial charge in [-0.3, -0.25) is 4.79 Å². The normalized spacial score (nSPS) is 21.8. The van der Waals surface area contributed by atoms with Crippen molar-refractivity contribution < 1.29 is 4.79 Å². The average molecular weight is 175 g/mol. The van der Waals surface area contributed by atoms with E-state index in [2.05, 4.69) is 24.3 Å². The van der Waals surface area contributed by atoms with E-state index in [9.17, 15) is 4.79 Å². The van der Waals surface area contributed by atoms with Gasteiger partial charge in [0.1, 0.15) is 0 Å². The molecule has 0 bridgehead atoms. The van der Waals surface area contributed by atoms with Gasteiger partial charge in [0.25, 0.3) is 0 Å². The van der Waals surface area contributed by atoms with Crippen molar-refractivity contribution in [3.05, 3.63) is 35.9 Å². The first kappa shape index (κ1) is 8.30. The first-order chi connectivity index (χ1) is 6.40. The molecule has 1 heterocycles. The number of carbonyl (C=O) groups excluding carboxylic acids is 1. The molecule has 1 aromatic rings. The molecule has 0 unspecified atom stereocenters. The fraction of sp³-hybridized carbons (Fsp3) is 0.364. The Hall–Kier alpha value is -1.31. The number of benzene rings is 1. The van der Waals surface area contributed by atoms with Gasteiger partial charge >= 0.3 is 0 Å². The van der Waals surface area contributed by atoms with Crippen LogP contribution in [-0.4, -0.2) is 24.4 Å². The second-order valence-electron chi connectivity index (χ2n) is 3.50. The molecule has 1 atom stereocenters. The second kappa shape index (κ2) is 3.60. The molecule has 1 saturated heterocycles. The zero-order valence-corrected chi connectivity index (χ0v) is 7.52. The zero-order valence-electron chi connectivity index (χ0n) is 7.52. The highest BCUT2D eigenvalue weighted by Crippen LogP contribution is 2.25. The van der Waals surface area contributed by atoms with Gasteiger partial charge in [0, 0.05) is 19.0 Å². The van der Waals surface area contributed by atoms with E-state index in [0.29, 0.717) is 5.92 Å². The summed E-state index contributed by atoms with van der Waals surface area (Å²) in [4.78, 5) is 12.4. The molecule has 13 heavy (non-hydrogen) atoms. The van der Waals surface area contributed by atoms with Gasteiger partial charge in [-0.15, -0.1) is 0 Å². The smallest absolute Gasteiger partial charge is 0.209 e. The SMILES string of the molecule is O=CN1CC[C@@H](c2ccccc2)C1. The second-order valence-corrected chi connectivity index (χ2v) is 3.50. The number of hydrogen-bond acceptors (Lipinski definition) is 1. The molecule has 0 spiro atoms. The molecular weight excluding hydrogens is 162 g/mol. The third-order valence-electron chi connectivity index (χ3n) is 2.64. The minimum absolute atomic E-state index is 0.548. The van der Waals surface area contributed by atoms with Crippen LogP contribution >= 0.6 is 0 Å². The molecule has 1 aromatic carbocycles. The molecule has 1 fully saturated rings. The first-order valence-corrected chi connectivity index (χ1v) is 4.64. The van der Waals surface area contributed by atoms with E-state index in [1.54, 1.807) is 0 Å². The lowest BCUT2D eigenvalue weighted by molar-refractivity contribution is -0.117. The van der Waals surface area contributed by atoms with Crippen molar-refractivity contribution in [2.75, 3.05) is 13.1 Å². The van der Waals surface area contributed by atoms with Crippen LogP contribution in [0.4, 0.5) is 0 Å². The van der Waals surface area contributed by atoms with Gasteiger partial charge in [-0.25, -0.2) is 0 Å². The number of nitrogens with zero attached hydrogens (tertiary/aromatic N) is 1. The van der Waals surface area contributed by atoms with Crippen LogP contribution in [0.5, 0.6) is 0 Å². The van der Waals surface area contributed by atoms with Crippen molar-refractivity contribution in [1.29, 1.82) is 0 Å². The highest BCUT2D eigenvalue weighted by atomic mass is 16.1. The summed E-state index contributed by atoms with van der Waals surface area (Å²) in [6.45, 7) is 1.79. The Morgan fingerprint density at radius 2 is 2.08 bits per heavy atom. The van der Waals surface area contributed by atoms with Crippen molar-refractivity contribution in [3.63, 3.8) is 0 Å². The largest absolute Gasteiger partial charge is 0.345 e. The zero-order chi connectivity index (χ0) is 9.10. The molecule has 1 amide bonds. The maximum absolute atomic E-state index is 10.5. The fourth-order valence-corrected chi connectivity index (χ4v) is 1.88. The Balaban J connectivity index is 2.08. The Kier molecular flexibility index (Phi) is 2.30. The lowest BCUT2D eigenvalue weighted by Crippen LogP contribution is -2.17. The summed E-state index contributed by atoms with van der Waals surface area (Å²) < 4.78 is 0. The van der Waals surface area contributed by atoms with Crippen LogP contribution in [0.2, 0.25) is 0 Å². The monoisotopic (exact) mass is 175 g/mol. The van der Waals surface area contributed by atoms with Crippen molar-refractivity contribution in [1.82, 2.24) is 4.90 Å². The summed E-state index contributed by atoms with van der Waals surface area (Å²) in [7, 11) is 0. The van der Waals surface area contributed by atoms with E-state index in [4.69, 9.17) is 0 Å². The number of amides is 1. The first-order valence-electron chi connectivity index (χ1n) is 4.64.